The minimum atomic E-state index is 0.404. The molecule has 0 saturated carbocycles. The maximum atomic E-state index is 5.94. The largest absolute Gasteiger partial charge is 0.489 e. The van der Waals surface area contributed by atoms with Gasteiger partial charge in [-0.1, -0.05) is 17.7 Å². The summed E-state index contributed by atoms with van der Waals surface area (Å²) in [7, 11) is 0. The van der Waals surface area contributed by atoms with Gasteiger partial charge in [0.25, 0.3) is 0 Å². The third-order valence-electron chi connectivity index (χ3n) is 2.45. The molecule has 1 aromatic carbocycles. The zero-order chi connectivity index (χ0) is 12.3. The highest BCUT2D eigenvalue weighted by Crippen LogP contribution is 2.22. The molecule has 0 unspecified atom stereocenters. The molecule has 0 saturated heterocycles. The van der Waals surface area contributed by atoms with E-state index in [4.69, 9.17) is 22.1 Å². The van der Waals surface area contributed by atoms with Gasteiger partial charge in [0.05, 0.1) is 0 Å². The molecule has 0 radical (unpaired) electrons. The predicted molar refractivity (Wildman–Crippen MR) is 69.2 cm³/mol. The van der Waals surface area contributed by atoms with E-state index in [9.17, 15) is 0 Å². The molecule has 1 heterocycles. The van der Waals surface area contributed by atoms with Crippen molar-refractivity contribution in [1.82, 2.24) is 4.98 Å². The summed E-state index contributed by atoms with van der Waals surface area (Å²) in [6.45, 7) is 2.34. The average molecular weight is 249 g/mol. The number of benzene rings is 1. The van der Waals surface area contributed by atoms with E-state index in [-0.39, 0.29) is 0 Å². The molecule has 0 atom stereocenters. The Morgan fingerprint density at radius 2 is 2.18 bits per heavy atom. The second-order valence-electron chi connectivity index (χ2n) is 3.75. The van der Waals surface area contributed by atoms with Crippen molar-refractivity contribution in [3.05, 3.63) is 52.7 Å². The lowest BCUT2D eigenvalue weighted by Crippen LogP contribution is -2.01. The van der Waals surface area contributed by atoms with Crippen LogP contribution in [0.5, 0.6) is 5.75 Å². The third-order valence-corrected chi connectivity index (χ3v) is 2.87. The number of ether oxygens (including phenoxy) is 1. The van der Waals surface area contributed by atoms with Crippen LogP contribution in [0.3, 0.4) is 0 Å². The fraction of sp³-hybridized carbons (Fsp3) is 0.154. The lowest BCUT2D eigenvalue weighted by atomic mass is 10.2. The van der Waals surface area contributed by atoms with Crippen molar-refractivity contribution in [2.45, 2.75) is 13.5 Å². The summed E-state index contributed by atoms with van der Waals surface area (Å²) in [5.41, 5.74) is 7.59. The quantitative estimate of drug-likeness (QED) is 0.907. The Labute approximate surface area is 105 Å². The molecular formula is C13H13ClN2O. The molecular weight excluding hydrogens is 236 g/mol. The molecule has 1 aromatic heterocycles. The number of nitrogen functional groups attached to an aromatic ring is 1. The SMILES string of the molecule is Cc1cc(OCc2cccnc2N)ccc1Cl. The van der Waals surface area contributed by atoms with Gasteiger partial charge in [-0.05, 0) is 36.8 Å². The Hall–Kier alpha value is -1.74. The van der Waals surface area contributed by atoms with E-state index in [0.29, 0.717) is 12.4 Å². The Balaban J connectivity index is 2.08. The van der Waals surface area contributed by atoms with Crippen LogP contribution in [0.25, 0.3) is 0 Å². The van der Waals surface area contributed by atoms with E-state index >= 15 is 0 Å². The monoisotopic (exact) mass is 248 g/mol. The fourth-order valence-corrected chi connectivity index (χ4v) is 1.56. The first-order valence-corrected chi connectivity index (χ1v) is 5.63. The van der Waals surface area contributed by atoms with Crippen LogP contribution in [0.2, 0.25) is 5.02 Å². The summed E-state index contributed by atoms with van der Waals surface area (Å²) in [4.78, 5) is 4.00. The van der Waals surface area contributed by atoms with Gasteiger partial charge >= 0.3 is 0 Å². The van der Waals surface area contributed by atoms with Crippen molar-refractivity contribution in [1.29, 1.82) is 0 Å². The van der Waals surface area contributed by atoms with Gasteiger partial charge in [0.15, 0.2) is 0 Å². The fourth-order valence-electron chi connectivity index (χ4n) is 1.44. The molecule has 2 rings (SSSR count). The number of aryl methyl sites for hydroxylation is 1. The molecule has 0 amide bonds. The maximum absolute atomic E-state index is 5.94. The number of pyridine rings is 1. The van der Waals surface area contributed by atoms with Crippen LogP contribution in [0, 0.1) is 6.92 Å². The van der Waals surface area contributed by atoms with E-state index in [1.54, 1.807) is 6.20 Å². The van der Waals surface area contributed by atoms with Crippen LogP contribution in [0.15, 0.2) is 36.5 Å². The minimum absolute atomic E-state index is 0.404. The Kier molecular flexibility index (Phi) is 3.49. The Bertz CT molecular complexity index is 529. The molecule has 0 aliphatic carbocycles. The second kappa shape index (κ2) is 5.06. The van der Waals surface area contributed by atoms with Gasteiger partial charge in [-0.25, -0.2) is 4.98 Å². The summed E-state index contributed by atoms with van der Waals surface area (Å²) in [5.74, 6) is 1.27. The van der Waals surface area contributed by atoms with Crippen molar-refractivity contribution in [2.75, 3.05) is 5.73 Å². The van der Waals surface area contributed by atoms with Crippen LogP contribution >= 0.6 is 11.6 Å². The lowest BCUT2D eigenvalue weighted by molar-refractivity contribution is 0.306. The van der Waals surface area contributed by atoms with Crippen LogP contribution in [-0.2, 0) is 6.61 Å². The van der Waals surface area contributed by atoms with Crippen LogP contribution in [0.4, 0.5) is 5.82 Å². The summed E-state index contributed by atoms with van der Waals surface area (Å²) in [6, 6.07) is 9.28. The molecule has 0 aliphatic rings. The van der Waals surface area contributed by atoms with Crippen molar-refractivity contribution in [3.63, 3.8) is 0 Å². The highest BCUT2D eigenvalue weighted by molar-refractivity contribution is 6.31. The van der Waals surface area contributed by atoms with Crippen LogP contribution in [-0.4, -0.2) is 4.98 Å². The smallest absolute Gasteiger partial charge is 0.129 e. The zero-order valence-electron chi connectivity index (χ0n) is 9.48. The molecule has 4 heteroatoms. The molecule has 17 heavy (non-hydrogen) atoms. The zero-order valence-corrected chi connectivity index (χ0v) is 10.2. The van der Waals surface area contributed by atoms with Crippen molar-refractivity contribution in [2.24, 2.45) is 0 Å². The van der Waals surface area contributed by atoms with Gasteiger partial charge < -0.3 is 10.5 Å². The van der Waals surface area contributed by atoms with Gasteiger partial charge in [0, 0.05) is 16.8 Å². The molecule has 3 nitrogen and oxygen atoms in total. The first-order chi connectivity index (χ1) is 8.16. The molecule has 2 N–H and O–H groups in total. The number of hydrogen-bond acceptors (Lipinski definition) is 3. The number of rotatable bonds is 3. The first-order valence-electron chi connectivity index (χ1n) is 5.25. The van der Waals surface area contributed by atoms with Crippen molar-refractivity contribution >= 4 is 17.4 Å². The number of halogens is 1. The van der Waals surface area contributed by atoms with Gasteiger partial charge in [0.2, 0.25) is 0 Å². The Morgan fingerprint density at radius 3 is 2.88 bits per heavy atom. The van der Waals surface area contributed by atoms with E-state index in [1.165, 1.54) is 0 Å². The average Bonchev–Trinajstić information content (AvgIpc) is 2.32. The number of nitrogens with zero attached hydrogens (tertiary/aromatic N) is 1. The minimum Gasteiger partial charge on any atom is -0.489 e. The molecule has 0 aliphatic heterocycles. The topological polar surface area (TPSA) is 48.1 Å². The lowest BCUT2D eigenvalue weighted by Gasteiger charge is -2.08. The standard InChI is InChI=1S/C13H13ClN2O/c1-9-7-11(4-5-12(9)14)17-8-10-3-2-6-16-13(10)15/h2-7H,8H2,1H3,(H2,15,16). The van der Waals surface area contributed by atoms with Gasteiger partial charge in [-0.2, -0.15) is 0 Å². The summed E-state index contributed by atoms with van der Waals surface area (Å²) in [6.07, 6.45) is 1.66. The maximum Gasteiger partial charge on any atom is 0.129 e. The highest BCUT2D eigenvalue weighted by Gasteiger charge is 2.02. The Morgan fingerprint density at radius 1 is 1.35 bits per heavy atom. The van der Waals surface area contributed by atoms with Crippen molar-refractivity contribution in [3.8, 4) is 5.75 Å². The van der Waals surface area contributed by atoms with E-state index < -0.39 is 0 Å². The van der Waals surface area contributed by atoms with Gasteiger partial charge in [0.1, 0.15) is 18.2 Å². The molecule has 0 fully saturated rings. The second-order valence-corrected chi connectivity index (χ2v) is 4.15. The first kappa shape index (κ1) is 11.7. The molecule has 0 bridgehead atoms. The predicted octanol–water partition coefficient (Wildman–Crippen LogP) is 3.20. The number of hydrogen-bond donors (Lipinski definition) is 1. The summed E-state index contributed by atoms with van der Waals surface area (Å²) in [5, 5.41) is 0.734. The summed E-state index contributed by atoms with van der Waals surface area (Å²) >= 11 is 5.94. The summed E-state index contributed by atoms with van der Waals surface area (Å²) < 4.78 is 5.63. The van der Waals surface area contributed by atoms with Gasteiger partial charge in [-0.3, -0.25) is 0 Å². The van der Waals surface area contributed by atoms with Crippen LogP contribution < -0.4 is 10.5 Å². The van der Waals surface area contributed by atoms with Gasteiger partial charge in [-0.15, -0.1) is 0 Å². The normalized spacial score (nSPS) is 10.2. The molecule has 2 aromatic rings. The number of aromatic nitrogens is 1. The van der Waals surface area contributed by atoms with E-state index in [1.807, 2.05) is 37.3 Å². The molecule has 88 valence electrons. The third kappa shape index (κ3) is 2.88. The van der Waals surface area contributed by atoms with Crippen LogP contribution in [0.1, 0.15) is 11.1 Å². The number of anilines is 1. The van der Waals surface area contributed by atoms with E-state index in [2.05, 4.69) is 4.98 Å². The van der Waals surface area contributed by atoms with Crippen molar-refractivity contribution < 1.29 is 4.74 Å². The number of nitrogens with two attached hydrogens (primary N) is 1. The highest BCUT2D eigenvalue weighted by atomic mass is 35.5. The molecule has 0 spiro atoms. The van der Waals surface area contributed by atoms with E-state index in [0.717, 1.165) is 21.9 Å².